The summed E-state index contributed by atoms with van der Waals surface area (Å²) in [6.45, 7) is 3.35. The molecule has 0 spiro atoms. The number of aliphatic hydroxyl groups excluding tert-OH is 2. The minimum atomic E-state index is -2.65. The van der Waals surface area contributed by atoms with Crippen molar-refractivity contribution in [3.63, 3.8) is 0 Å². The van der Waals surface area contributed by atoms with Gasteiger partial charge >= 0.3 is 6.09 Å². The van der Waals surface area contributed by atoms with Gasteiger partial charge in [0.2, 0.25) is 5.78 Å². The lowest BCUT2D eigenvalue weighted by molar-refractivity contribution is -0.144. The Hall–Kier alpha value is -4.32. The molecule has 0 fully saturated rings. The van der Waals surface area contributed by atoms with Gasteiger partial charge in [-0.1, -0.05) is 12.7 Å². The van der Waals surface area contributed by atoms with Gasteiger partial charge in [0.1, 0.15) is 23.7 Å². The number of ether oxygens (including phenoxy) is 1. The van der Waals surface area contributed by atoms with Crippen molar-refractivity contribution >= 4 is 34.9 Å². The Bertz CT molecular complexity index is 1330. The first-order chi connectivity index (χ1) is 17.3. The number of primary amides is 1. The molecule has 0 bridgehead atoms. The second-order valence-corrected chi connectivity index (χ2v) is 9.46. The summed E-state index contributed by atoms with van der Waals surface area (Å²) in [6.07, 6.45) is 0.289. The molecule has 0 unspecified atom stereocenters. The standard InChI is InChI=1S/C25H27N3O9/c1-4-5-37-24(35)27-13-9-14(28(2)3)12-7-10-6-11-8-15(29)18(23(26)34)22(33)25(11,36)21(32)16(10)20(31)17(12)19(13)30/h4,9-11,29-30,32,36H,1,5-8H2,2-3H3,(H2,26,34)(H,27,35)/t10-,11+,25+/m1/s1. The molecule has 1 aromatic rings. The second kappa shape index (κ2) is 8.96. The predicted octanol–water partition coefficient (Wildman–Crippen LogP) is 1.38. The number of anilines is 2. The molecule has 1 aromatic carbocycles. The third-order valence-corrected chi connectivity index (χ3v) is 7.09. The zero-order valence-corrected chi connectivity index (χ0v) is 20.2. The van der Waals surface area contributed by atoms with E-state index < -0.39 is 63.8 Å². The molecule has 2 amide bonds. The van der Waals surface area contributed by atoms with Gasteiger partial charge in [0.15, 0.2) is 17.1 Å². The largest absolute Gasteiger partial charge is 0.511 e. The number of benzene rings is 1. The summed E-state index contributed by atoms with van der Waals surface area (Å²) in [5, 5.41) is 46.1. The quantitative estimate of drug-likeness (QED) is 0.190. The highest BCUT2D eigenvalue weighted by Crippen LogP contribution is 2.53. The summed E-state index contributed by atoms with van der Waals surface area (Å²) >= 11 is 0. The van der Waals surface area contributed by atoms with E-state index in [1.165, 1.54) is 12.1 Å². The number of nitrogens with zero attached hydrogens (tertiary/aromatic N) is 1. The zero-order valence-electron chi connectivity index (χ0n) is 20.2. The van der Waals surface area contributed by atoms with Crippen molar-refractivity contribution in [2.75, 3.05) is 30.9 Å². The molecule has 0 heterocycles. The molecule has 3 atom stereocenters. The van der Waals surface area contributed by atoms with Crippen LogP contribution in [0.25, 0.3) is 0 Å². The third kappa shape index (κ3) is 3.80. The fourth-order valence-corrected chi connectivity index (χ4v) is 5.44. The second-order valence-electron chi connectivity index (χ2n) is 9.46. The molecule has 0 aromatic heterocycles. The highest BCUT2D eigenvalue weighted by atomic mass is 16.5. The number of nitrogens with one attached hydrogen (secondary N) is 1. The van der Waals surface area contributed by atoms with E-state index in [1.54, 1.807) is 19.0 Å². The van der Waals surface area contributed by atoms with E-state index >= 15 is 0 Å². The Balaban J connectivity index is 1.87. The highest BCUT2D eigenvalue weighted by Gasteiger charge is 2.59. The van der Waals surface area contributed by atoms with Crippen LogP contribution in [0.15, 0.2) is 41.4 Å². The van der Waals surface area contributed by atoms with Crippen LogP contribution < -0.4 is 16.0 Å². The number of allylic oxidation sites excluding steroid dienone is 2. The normalized spacial score (nSPS) is 24.6. The van der Waals surface area contributed by atoms with Crippen molar-refractivity contribution in [2.45, 2.75) is 24.9 Å². The molecule has 0 saturated carbocycles. The number of aromatic hydroxyl groups is 1. The number of nitrogens with two attached hydrogens (primary N) is 1. The maximum atomic E-state index is 13.7. The molecule has 3 aliphatic rings. The van der Waals surface area contributed by atoms with Crippen molar-refractivity contribution < 1.29 is 44.3 Å². The number of carbonyl (C=O) groups is 4. The SMILES string of the molecule is C=CCOC(=O)Nc1cc(N(C)C)c2c(c1O)C(=O)C1=C(O)[C@]3(O)C(=O)C(C(N)=O)=C(O)C[C@@H]3C[C@@H]1C2. The zero-order chi connectivity index (χ0) is 27.4. The van der Waals surface area contributed by atoms with Gasteiger partial charge in [0.25, 0.3) is 5.91 Å². The molecular formula is C25H27N3O9. The van der Waals surface area contributed by atoms with Gasteiger partial charge in [0.05, 0.1) is 11.3 Å². The van der Waals surface area contributed by atoms with Gasteiger partial charge in [-0.15, -0.1) is 0 Å². The number of aliphatic hydroxyl groups is 3. The van der Waals surface area contributed by atoms with E-state index in [2.05, 4.69) is 11.9 Å². The van der Waals surface area contributed by atoms with E-state index in [1.807, 2.05) is 0 Å². The van der Waals surface area contributed by atoms with Gasteiger partial charge in [-0.05, 0) is 30.4 Å². The van der Waals surface area contributed by atoms with Crippen LogP contribution in [-0.2, 0) is 20.7 Å². The summed E-state index contributed by atoms with van der Waals surface area (Å²) in [6, 6.07) is 1.47. The predicted molar refractivity (Wildman–Crippen MR) is 130 cm³/mol. The lowest BCUT2D eigenvalue weighted by Gasteiger charge is -2.45. The van der Waals surface area contributed by atoms with Crippen LogP contribution in [0.4, 0.5) is 16.2 Å². The van der Waals surface area contributed by atoms with E-state index in [4.69, 9.17) is 10.5 Å². The number of ketones is 2. The lowest BCUT2D eigenvalue weighted by Crippen LogP contribution is -2.57. The molecule has 12 nitrogen and oxygen atoms in total. The van der Waals surface area contributed by atoms with Gasteiger partial charge in [-0.25, -0.2) is 4.79 Å². The molecule has 0 saturated heterocycles. The average molecular weight is 514 g/mol. The molecule has 4 rings (SSSR count). The number of hydrogen-bond donors (Lipinski definition) is 6. The molecule has 3 aliphatic carbocycles. The van der Waals surface area contributed by atoms with Crippen molar-refractivity contribution in [1.29, 1.82) is 0 Å². The Morgan fingerprint density at radius 1 is 1.27 bits per heavy atom. The first-order valence-corrected chi connectivity index (χ1v) is 11.4. The fraction of sp³-hybridized carbons (Fsp3) is 0.360. The van der Waals surface area contributed by atoms with Gasteiger partial charge in [-0.3, -0.25) is 19.7 Å². The third-order valence-electron chi connectivity index (χ3n) is 7.09. The molecule has 37 heavy (non-hydrogen) atoms. The van der Waals surface area contributed by atoms with Crippen LogP contribution in [0.1, 0.15) is 28.8 Å². The lowest BCUT2D eigenvalue weighted by atomic mass is 9.60. The topological polar surface area (TPSA) is 200 Å². The summed E-state index contributed by atoms with van der Waals surface area (Å²) < 4.78 is 4.89. The van der Waals surface area contributed by atoms with Crippen LogP contribution in [-0.4, -0.2) is 70.3 Å². The maximum Gasteiger partial charge on any atom is 0.412 e. The summed E-state index contributed by atoms with van der Waals surface area (Å²) in [5.41, 5.74) is 2.00. The number of Topliss-reactive ketones (excluding diaryl/α,β-unsaturated/α-hetero) is 2. The summed E-state index contributed by atoms with van der Waals surface area (Å²) in [4.78, 5) is 52.3. The molecule has 12 heteroatoms. The van der Waals surface area contributed by atoms with Crippen LogP contribution in [0.2, 0.25) is 0 Å². The fourth-order valence-electron chi connectivity index (χ4n) is 5.44. The molecule has 196 valence electrons. The van der Waals surface area contributed by atoms with Gasteiger partial charge < -0.3 is 35.8 Å². The Labute approximate surface area is 211 Å². The number of amides is 2. The smallest absolute Gasteiger partial charge is 0.412 e. The van der Waals surface area contributed by atoms with E-state index in [0.29, 0.717) is 11.3 Å². The van der Waals surface area contributed by atoms with Crippen molar-refractivity contribution in [3.05, 3.63) is 52.5 Å². The molecule has 0 radical (unpaired) electrons. The summed E-state index contributed by atoms with van der Waals surface area (Å²) in [7, 11) is 3.40. The Kier molecular flexibility index (Phi) is 6.24. The van der Waals surface area contributed by atoms with Gasteiger partial charge in [0, 0.05) is 37.7 Å². The van der Waals surface area contributed by atoms with Crippen molar-refractivity contribution in [2.24, 2.45) is 17.6 Å². The Morgan fingerprint density at radius 3 is 2.54 bits per heavy atom. The molecular weight excluding hydrogens is 486 g/mol. The number of rotatable bonds is 5. The minimum Gasteiger partial charge on any atom is -0.511 e. The maximum absolute atomic E-state index is 13.7. The Morgan fingerprint density at radius 2 is 1.95 bits per heavy atom. The molecule has 7 N–H and O–H groups in total. The van der Waals surface area contributed by atoms with Crippen LogP contribution in [0.5, 0.6) is 5.75 Å². The highest BCUT2D eigenvalue weighted by molar-refractivity contribution is 6.24. The summed E-state index contributed by atoms with van der Waals surface area (Å²) in [5.74, 6) is -7.24. The minimum absolute atomic E-state index is 0.0183. The number of phenols is 1. The number of phenolic OH excluding ortho intramolecular Hbond substituents is 1. The number of fused-ring (bicyclic) bond motifs is 3. The van der Waals surface area contributed by atoms with Crippen molar-refractivity contribution in [3.8, 4) is 5.75 Å². The van der Waals surface area contributed by atoms with Crippen molar-refractivity contribution in [1.82, 2.24) is 0 Å². The molecule has 0 aliphatic heterocycles. The van der Waals surface area contributed by atoms with E-state index in [-0.39, 0.29) is 42.7 Å². The van der Waals surface area contributed by atoms with Gasteiger partial charge in [-0.2, -0.15) is 0 Å². The number of carbonyl (C=O) groups excluding carboxylic acids is 4. The van der Waals surface area contributed by atoms with Crippen LogP contribution in [0, 0.1) is 11.8 Å². The monoisotopic (exact) mass is 513 g/mol. The van der Waals surface area contributed by atoms with E-state index in [0.717, 1.165) is 0 Å². The van der Waals surface area contributed by atoms with E-state index in [9.17, 15) is 39.6 Å². The van der Waals surface area contributed by atoms with Crippen LogP contribution >= 0.6 is 0 Å². The first-order valence-electron chi connectivity index (χ1n) is 11.4. The average Bonchev–Trinajstić information content (AvgIpc) is 2.81. The number of hydrogen-bond acceptors (Lipinski definition) is 10. The first kappa shape index (κ1) is 25.8. The van der Waals surface area contributed by atoms with Crippen LogP contribution in [0.3, 0.4) is 0 Å².